The molecule has 0 amide bonds. The maximum absolute atomic E-state index is 12.7. The molecule has 3 aromatic carbocycles. The monoisotopic (exact) mass is 390 g/mol. The van der Waals surface area contributed by atoms with Crippen LogP contribution < -0.4 is 0 Å². The molecule has 0 aliphatic rings. The van der Waals surface area contributed by atoms with Crippen LogP contribution in [0.2, 0.25) is 0 Å². The van der Waals surface area contributed by atoms with Crippen molar-refractivity contribution in [2.45, 2.75) is 41.5 Å². The molecule has 0 heterocycles. The molecule has 0 aliphatic heterocycles. The third-order valence-corrected chi connectivity index (χ3v) is 4.30. The molecule has 3 aromatic rings. The summed E-state index contributed by atoms with van der Waals surface area (Å²) in [5.41, 5.74) is 4.15. The van der Waals surface area contributed by atoms with Gasteiger partial charge in [0.05, 0.1) is 0 Å². The van der Waals surface area contributed by atoms with Gasteiger partial charge in [0.15, 0.2) is 23.3 Å². The van der Waals surface area contributed by atoms with Crippen molar-refractivity contribution in [2.75, 3.05) is 0 Å². The van der Waals surface area contributed by atoms with Crippen LogP contribution in [0.25, 0.3) is 0 Å². The van der Waals surface area contributed by atoms with E-state index in [1.165, 1.54) is 22.3 Å². The Morgan fingerprint density at radius 3 is 1.00 bits per heavy atom. The minimum absolute atomic E-state index is 0.629. The molecule has 0 bridgehead atoms. The van der Waals surface area contributed by atoms with Gasteiger partial charge in [0, 0.05) is 11.1 Å². The molecule has 0 fully saturated rings. The Labute approximate surface area is 164 Å². The van der Waals surface area contributed by atoms with E-state index >= 15 is 0 Å². The Morgan fingerprint density at radius 1 is 0.464 bits per heavy atom. The minimum Gasteiger partial charge on any atom is -0.203 e. The topological polar surface area (TPSA) is 0 Å². The minimum atomic E-state index is -1.33. The summed E-state index contributed by atoms with van der Waals surface area (Å²) in [5, 5.41) is 0. The van der Waals surface area contributed by atoms with E-state index in [0.717, 1.165) is 13.8 Å². The predicted molar refractivity (Wildman–Crippen MR) is 108 cm³/mol. The molecule has 0 N–H and O–H groups in total. The first-order chi connectivity index (χ1) is 13.1. The second kappa shape index (κ2) is 10.6. The van der Waals surface area contributed by atoms with Gasteiger partial charge in [-0.25, -0.2) is 17.6 Å². The van der Waals surface area contributed by atoms with Crippen LogP contribution in [0.1, 0.15) is 33.4 Å². The highest BCUT2D eigenvalue weighted by Gasteiger charge is 2.19. The third kappa shape index (κ3) is 6.52. The summed E-state index contributed by atoms with van der Waals surface area (Å²) < 4.78 is 50.6. The van der Waals surface area contributed by atoms with E-state index in [-0.39, 0.29) is 0 Å². The molecule has 0 spiro atoms. The lowest BCUT2D eigenvalue weighted by Crippen LogP contribution is -2.02. The highest BCUT2D eigenvalue weighted by atomic mass is 19.2. The Morgan fingerprint density at radius 2 is 0.786 bits per heavy atom. The molecule has 0 saturated carbocycles. The fraction of sp³-hybridized carbons (Fsp3) is 0.250. The van der Waals surface area contributed by atoms with E-state index in [4.69, 9.17) is 0 Å². The first kappa shape index (κ1) is 23.4. The molecular formula is C24H26F4. The summed E-state index contributed by atoms with van der Waals surface area (Å²) in [7, 11) is 0. The van der Waals surface area contributed by atoms with Gasteiger partial charge in [-0.3, -0.25) is 0 Å². The van der Waals surface area contributed by atoms with Crippen molar-refractivity contribution >= 4 is 0 Å². The zero-order valence-corrected chi connectivity index (χ0v) is 17.1. The van der Waals surface area contributed by atoms with Crippen LogP contribution in [0, 0.1) is 64.8 Å². The fourth-order valence-corrected chi connectivity index (χ4v) is 2.32. The predicted octanol–water partition coefficient (Wildman–Crippen LogP) is 7.47. The van der Waals surface area contributed by atoms with Gasteiger partial charge in [-0.2, -0.15) is 0 Å². The van der Waals surface area contributed by atoms with Gasteiger partial charge in [0.1, 0.15) is 0 Å². The Bertz CT molecular complexity index is 787. The van der Waals surface area contributed by atoms with Crippen molar-refractivity contribution < 1.29 is 17.6 Å². The number of hydrogen-bond acceptors (Lipinski definition) is 0. The van der Waals surface area contributed by atoms with E-state index in [1.54, 1.807) is 0 Å². The highest BCUT2D eigenvalue weighted by molar-refractivity contribution is 5.27. The molecule has 3 rings (SSSR count). The van der Waals surface area contributed by atoms with Crippen molar-refractivity contribution in [1.82, 2.24) is 0 Å². The van der Waals surface area contributed by atoms with Gasteiger partial charge in [-0.15, -0.1) is 0 Å². The van der Waals surface area contributed by atoms with E-state index in [1.807, 2.05) is 0 Å². The van der Waals surface area contributed by atoms with Crippen LogP contribution in [-0.2, 0) is 0 Å². The lowest BCUT2D eigenvalue weighted by Gasteiger charge is -2.04. The summed E-state index contributed by atoms with van der Waals surface area (Å²) in [5.74, 6) is -5.31. The molecule has 0 radical (unpaired) electrons. The molecular weight excluding hydrogens is 364 g/mol. The summed E-state index contributed by atoms with van der Waals surface area (Å²) in [6, 6.07) is 16.8. The number of aryl methyl sites for hydroxylation is 4. The third-order valence-electron chi connectivity index (χ3n) is 4.30. The molecule has 0 aliphatic carbocycles. The smallest absolute Gasteiger partial charge is 0.165 e. The van der Waals surface area contributed by atoms with Crippen LogP contribution in [-0.4, -0.2) is 0 Å². The maximum atomic E-state index is 12.7. The largest absolute Gasteiger partial charge is 0.203 e. The highest BCUT2D eigenvalue weighted by Crippen LogP contribution is 2.22. The molecule has 4 heteroatoms. The molecule has 150 valence electrons. The van der Waals surface area contributed by atoms with Gasteiger partial charge >= 0.3 is 0 Å². The normalized spacial score (nSPS) is 9.79. The molecule has 0 aromatic heterocycles. The Balaban J connectivity index is 0.000000217. The Kier molecular flexibility index (Phi) is 8.90. The zero-order valence-electron chi connectivity index (χ0n) is 17.1. The number of rotatable bonds is 0. The number of hydrogen-bond donors (Lipinski definition) is 0. The van der Waals surface area contributed by atoms with Crippen LogP contribution in [0.15, 0.2) is 48.5 Å². The zero-order chi connectivity index (χ0) is 21.4. The van der Waals surface area contributed by atoms with Crippen LogP contribution in [0.3, 0.4) is 0 Å². The SMILES string of the molecule is Cc1c(F)c(F)c(C)c(F)c1F.Cc1cccc(C)c1.Cc1ccccc1C. The van der Waals surface area contributed by atoms with Crippen molar-refractivity contribution in [3.8, 4) is 0 Å². The summed E-state index contributed by atoms with van der Waals surface area (Å²) in [6.07, 6.45) is 0. The van der Waals surface area contributed by atoms with Crippen LogP contribution >= 0.6 is 0 Å². The molecule has 0 nitrogen and oxygen atoms in total. The van der Waals surface area contributed by atoms with E-state index < -0.39 is 34.4 Å². The molecule has 0 atom stereocenters. The van der Waals surface area contributed by atoms with Crippen molar-refractivity contribution in [2.24, 2.45) is 0 Å². The van der Waals surface area contributed by atoms with E-state index in [2.05, 4.69) is 76.2 Å². The van der Waals surface area contributed by atoms with E-state index in [0.29, 0.717) is 0 Å². The quantitative estimate of drug-likeness (QED) is 0.276. The first-order valence-corrected chi connectivity index (χ1v) is 8.90. The van der Waals surface area contributed by atoms with E-state index in [9.17, 15) is 17.6 Å². The van der Waals surface area contributed by atoms with Gasteiger partial charge < -0.3 is 0 Å². The van der Waals surface area contributed by atoms with Crippen LogP contribution in [0.5, 0.6) is 0 Å². The lowest BCUT2D eigenvalue weighted by molar-refractivity contribution is 0.436. The van der Waals surface area contributed by atoms with Crippen molar-refractivity contribution in [3.05, 3.63) is 105 Å². The van der Waals surface area contributed by atoms with Gasteiger partial charge in [-0.05, 0) is 52.7 Å². The second-order valence-electron chi connectivity index (χ2n) is 6.75. The van der Waals surface area contributed by atoms with Gasteiger partial charge in [0.25, 0.3) is 0 Å². The average molecular weight is 390 g/mol. The summed E-state index contributed by atoms with van der Waals surface area (Å²) in [4.78, 5) is 0. The average Bonchev–Trinajstić information content (AvgIpc) is 2.66. The molecule has 28 heavy (non-hydrogen) atoms. The molecule has 0 saturated heterocycles. The summed E-state index contributed by atoms with van der Waals surface area (Å²) in [6.45, 7) is 10.4. The second-order valence-corrected chi connectivity index (χ2v) is 6.75. The van der Waals surface area contributed by atoms with Crippen LogP contribution in [0.4, 0.5) is 17.6 Å². The van der Waals surface area contributed by atoms with Crippen molar-refractivity contribution in [1.29, 1.82) is 0 Å². The van der Waals surface area contributed by atoms with Gasteiger partial charge in [0.2, 0.25) is 0 Å². The number of benzene rings is 3. The number of halogens is 4. The fourth-order valence-electron chi connectivity index (χ4n) is 2.32. The summed E-state index contributed by atoms with van der Waals surface area (Å²) >= 11 is 0. The standard InChI is InChI=1S/C8H6F4.2C8H10/c1-3-5(9)7(11)4(2)8(12)6(3)10;1-7-4-3-5-8(2)6-7;1-7-5-3-4-6-8(7)2/h1-2H3;2*3-6H,1-2H3. The lowest BCUT2D eigenvalue weighted by atomic mass is 10.1. The molecule has 0 unspecified atom stereocenters. The Hall–Kier alpha value is -2.62. The first-order valence-electron chi connectivity index (χ1n) is 8.90. The van der Waals surface area contributed by atoms with Gasteiger partial charge in [-0.1, -0.05) is 59.7 Å². The van der Waals surface area contributed by atoms with Crippen molar-refractivity contribution in [3.63, 3.8) is 0 Å². The maximum Gasteiger partial charge on any atom is 0.165 e.